The second-order valence-corrected chi connectivity index (χ2v) is 7.20. The molecule has 2 aromatic carbocycles. The maximum atomic E-state index is 6.09. The topological polar surface area (TPSA) is 38.9 Å². The van der Waals surface area contributed by atoms with Gasteiger partial charge in [-0.05, 0) is 36.4 Å². The molecule has 6 heteroatoms. The molecule has 3 aromatic rings. The molecule has 0 spiro atoms. The van der Waals surface area contributed by atoms with Crippen molar-refractivity contribution in [2.75, 3.05) is 5.73 Å². The lowest BCUT2D eigenvalue weighted by molar-refractivity contribution is 1.35. The SMILES string of the molecule is Nc1cnc2ccc(Br)cc2c1Sc1ccc(Cl)c(Cl)c1. The lowest BCUT2D eigenvalue weighted by Gasteiger charge is -2.10. The van der Waals surface area contributed by atoms with Crippen molar-refractivity contribution in [2.45, 2.75) is 9.79 Å². The summed E-state index contributed by atoms with van der Waals surface area (Å²) >= 11 is 17.0. The van der Waals surface area contributed by atoms with E-state index in [1.54, 1.807) is 24.0 Å². The number of halogens is 3. The van der Waals surface area contributed by atoms with Gasteiger partial charge < -0.3 is 5.73 Å². The minimum Gasteiger partial charge on any atom is -0.397 e. The summed E-state index contributed by atoms with van der Waals surface area (Å²) in [6.45, 7) is 0. The van der Waals surface area contributed by atoms with Crippen LogP contribution in [0.25, 0.3) is 10.9 Å². The fourth-order valence-corrected chi connectivity index (χ4v) is 3.64. The number of hydrogen-bond acceptors (Lipinski definition) is 3. The zero-order valence-electron chi connectivity index (χ0n) is 10.6. The number of nitrogen functional groups attached to an aromatic ring is 1. The van der Waals surface area contributed by atoms with Crippen LogP contribution in [0.3, 0.4) is 0 Å². The Morgan fingerprint density at radius 2 is 1.86 bits per heavy atom. The van der Waals surface area contributed by atoms with E-state index in [4.69, 9.17) is 28.9 Å². The van der Waals surface area contributed by atoms with Gasteiger partial charge in [0, 0.05) is 19.6 Å². The Morgan fingerprint density at radius 3 is 2.62 bits per heavy atom. The molecule has 21 heavy (non-hydrogen) atoms. The van der Waals surface area contributed by atoms with Crippen molar-refractivity contribution in [1.82, 2.24) is 4.98 Å². The number of nitrogens with two attached hydrogens (primary N) is 1. The summed E-state index contributed by atoms with van der Waals surface area (Å²) < 4.78 is 0.985. The fraction of sp³-hybridized carbons (Fsp3) is 0. The van der Waals surface area contributed by atoms with Gasteiger partial charge in [0.15, 0.2) is 0 Å². The minimum absolute atomic E-state index is 0.528. The third-order valence-electron chi connectivity index (χ3n) is 2.92. The molecule has 0 bridgehead atoms. The Kier molecular flexibility index (Phi) is 4.31. The first kappa shape index (κ1) is 15.0. The van der Waals surface area contributed by atoms with Crippen LogP contribution < -0.4 is 5.73 Å². The van der Waals surface area contributed by atoms with Crippen molar-refractivity contribution in [1.29, 1.82) is 0 Å². The predicted molar refractivity (Wildman–Crippen MR) is 94.4 cm³/mol. The number of fused-ring (bicyclic) bond motifs is 1. The van der Waals surface area contributed by atoms with Gasteiger partial charge in [0.1, 0.15) is 0 Å². The normalized spacial score (nSPS) is 11.0. The van der Waals surface area contributed by atoms with E-state index in [0.717, 1.165) is 25.2 Å². The maximum Gasteiger partial charge on any atom is 0.0715 e. The first-order valence-electron chi connectivity index (χ1n) is 6.01. The van der Waals surface area contributed by atoms with Crippen molar-refractivity contribution in [2.24, 2.45) is 0 Å². The number of nitrogens with zero attached hydrogens (tertiary/aromatic N) is 1. The van der Waals surface area contributed by atoms with E-state index in [2.05, 4.69) is 20.9 Å². The molecule has 0 aliphatic rings. The molecule has 106 valence electrons. The average Bonchev–Trinajstić information content (AvgIpc) is 2.46. The highest BCUT2D eigenvalue weighted by molar-refractivity contribution is 9.10. The lowest BCUT2D eigenvalue weighted by atomic mass is 10.2. The molecule has 1 aromatic heterocycles. The molecular formula is C15H9BrCl2N2S. The number of benzene rings is 2. The summed E-state index contributed by atoms with van der Waals surface area (Å²) in [7, 11) is 0. The molecule has 0 unspecified atom stereocenters. The van der Waals surface area contributed by atoms with Crippen molar-refractivity contribution >= 4 is 67.5 Å². The van der Waals surface area contributed by atoms with Gasteiger partial charge in [0.2, 0.25) is 0 Å². The first-order valence-corrected chi connectivity index (χ1v) is 8.38. The Bertz CT molecular complexity index is 834. The van der Waals surface area contributed by atoms with Crippen molar-refractivity contribution in [3.8, 4) is 0 Å². The van der Waals surface area contributed by atoms with Gasteiger partial charge in [-0.3, -0.25) is 4.98 Å². The summed E-state index contributed by atoms with van der Waals surface area (Å²) in [5, 5.41) is 2.07. The minimum atomic E-state index is 0.528. The second kappa shape index (κ2) is 6.05. The quantitative estimate of drug-likeness (QED) is 0.570. The second-order valence-electron chi connectivity index (χ2n) is 4.38. The molecule has 0 fully saturated rings. The summed E-state index contributed by atoms with van der Waals surface area (Å²) in [6.07, 6.45) is 1.68. The van der Waals surface area contributed by atoms with Gasteiger partial charge in [0.05, 0.1) is 27.4 Å². The predicted octanol–water partition coefficient (Wildman–Crippen LogP) is 6.04. The van der Waals surface area contributed by atoms with E-state index in [0.29, 0.717) is 15.7 Å². The van der Waals surface area contributed by atoms with Crippen LogP contribution in [0.15, 0.2) is 56.9 Å². The standard InChI is InChI=1S/C15H9BrCl2N2S/c16-8-1-4-14-10(5-8)15(13(19)7-20-14)21-9-2-3-11(17)12(18)6-9/h1-7H,19H2. The van der Waals surface area contributed by atoms with Crippen LogP contribution in [0.2, 0.25) is 10.0 Å². The molecule has 0 saturated heterocycles. The third-order valence-corrected chi connectivity index (χ3v) is 5.30. The highest BCUT2D eigenvalue weighted by Gasteiger charge is 2.10. The van der Waals surface area contributed by atoms with E-state index in [9.17, 15) is 0 Å². The van der Waals surface area contributed by atoms with Crippen molar-refractivity contribution in [3.05, 3.63) is 57.1 Å². The van der Waals surface area contributed by atoms with Gasteiger partial charge in [0.25, 0.3) is 0 Å². The molecule has 0 atom stereocenters. The Labute approximate surface area is 144 Å². The lowest BCUT2D eigenvalue weighted by Crippen LogP contribution is -1.92. The van der Waals surface area contributed by atoms with E-state index in [1.807, 2.05) is 30.3 Å². The molecule has 0 saturated carbocycles. The number of aromatic nitrogens is 1. The Morgan fingerprint density at radius 1 is 1.05 bits per heavy atom. The summed E-state index contributed by atoms with van der Waals surface area (Å²) in [4.78, 5) is 6.28. The van der Waals surface area contributed by atoms with Crippen LogP contribution in [0.1, 0.15) is 0 Å². The van der Waals surface area contributed by atoms with Gasteiger partial charge in [-0.1, -0.05) is 50.9 Å². The van der Waals surface area contributed by atoms with Crippen LogP contribution in [0, 0.1) is 0 Å². The van der Waals surface area contributed by atoms with Gasteiger partial charge in [-0.25, -0.2) is 0 Å². The van der Waals surface area contributed by atoms with E-state index < -0.39 is 0 Å². The van der Waals surface area contributed by atoms with Crippen LogP contribution in [-0.2, 0) is 0 Å². The molecule has 0 aliphatic heterocycles. The van der Waals surface area contributed by atoms with Gasteiger partial charge >= 0.3 is 0 Å². The zero-order chi connectivity index (χ0) is 15.0. The zero-order valence-corrected chi connectivity index (χ0v) is 14.5. The maximum absolute atomic E-state index is 6.09. The molecule has 1 heterocycles. The van der Waals surface area contributed by atoms with E-state index >= 15 is 0 Å². The Hall–Kier alpha value is -0.940. The number of rotatable bonds is 2. The van der Waals surface area contributed by atoms with Gasteiger partial charge in [-0.15, -0.1) is 0 Å². The molecule has 2 nitrogen and oxygen atoms in total. The summed E-state index contributed by atoms with van der Waals surface area (Å²) in [6, 6.07) is 11.5. The van der Waals surface area contributed by atoms with Crippen molar-refractivity contribution in [3.63, 3.8) is 0 Å². The highest BCUT2D eigenvalue weighted by atomic mass is 79.9. The number of anilines is 1. The molecule has 3 rings (SSSR count). The van der Waals surface area contributed by atoms with Crippen LogP contribution in [0.4, 0.5) is 5.69 Å². The number of pyridine rings is 1. The van der Waals surface area contributed by atoms with Crippen LogP contribution in [0.5, 0.6) is 0 Å². The smallest absolute Gasteiger partial charge is 0.0715 e. The average molecular weight is 400 g/mol. The van der Waals surface area contributed by atoms with Crippen LogP contribution in [-0.4, -0.2) is 4.98 Å². The van der Waals surface area contributed by atoms with Crippen LogP contribution >= 0.6 is 50.9 Å². The first-order chi connectivity index (χ1) is 10.0. The number of hydrogen-bond donors (Lipinski definition) is 1. The largest absolute Gasteiger partial charge is 0.397 e. The summed E-state index contributed by atoms with van der Waals surface area (Å²) in [5.41, 5.74) is 7.63. The van der Waals surface area contributed by atoms with Crippen molar-refractivity contribution < 1.29 is 0 Å². The molecule has 2 N–H and O–H groups in total. The molecule has 0 aliphatic carbocycles. The van der Waals surface area contributed by atoms with Gasteiger partial charge in [-0.2, -0.15) is 0 Å². The molecule has 0 radical (unpaired) electrons. The monoisotopic (exact) mass is 398 g/mol. The van der Waals surface area contributed by atoms with E-state index in [1.165, 1.54) is 0 Å². The van der Waals surface area contributed by atoms with E-state index in [-0.39, 0.29) is 0 Å². The third kappa shape index (κ3) is 3.14. The Balaban J connectivity index is 2.12. The highest BCUT2D eigenvalue weighted by Crippen LogP contribution is 2.39. The molecular weight excluding hydrogens is 391 g/mol. The summed E-state index contributed by atoms with van der Waals surface area (Å²) in [5.74, 6) is 0. The molecule has 0 amide bonds. The fourth-order valence-electron chi connectivity index (χ4n) is 1.93.